The van der Waals surface area contributed by atoms with Gasteiger partial charge in [-0.05, 0) is 75.2 Å². The molecule has 4 rings (SSSR count). The van der Waals surface area contributed by atoms with Crippen LogP contribution in [0.25, 0.3) is 22.0 Å². The van der Waals surface area contributed by atoms with Crippen LogP contribution in [-0.2, 0) is 4.79 Å². The third-order valence-electron chi connectivity index (χ3n) is 6.20. The number of nitrogens with one attached hydrogen (secondary N) is 2. The van der Waals surface area contributed by atoms with E-state index in [-0.39, 0.29) is 23.7 Å². The third kappa shape index (κ3) is 5.43. The van der Waals surface area contributed by atoms with Gasteiger partial charge in [-0.15, -0.1) is 0 Å². The van der Waals surface area contributed by atoms with E-state index in [1.54, 1.807) is 6.20 Å². The van der Waals surface area contributed by atoms with Gasteiger partial charge in [0, 0.05) is 29.4 Å². The van der Waals surface area contributed by atoms with Crippen molar-refractivity contribution in [2.75, 3.05) is 19.4 Å². The van der Waals surface area contributed by atoms with Gasteiger partial charge in [-0.3, -0.25) is 9.59 Å². The maximum atomic E-state index is 12.8. The topological polar surface area (TPSA) is 87.2 Å². The molecule has 1 heterocycles. The molecule has 3 aromatic rings. The number of anilines is 1. The van der Waals surface area contributed by atoms with Crippen molar-refractivity contribution in [2.24, 2.45) is 0 Å². The molecule has 0 spiro atoms. The number of fused-ring (bicyclic) bond motifs is 1. The molecule has 2 aromatic carbocycles. The van der Waals surface area contributed by atoms with Gasteiger partial charge in [-0.25, -0.2) is 9.97 Å². The van der Waals surface area contributed by atoms with Crippen LogP contribution in [0.15, 0.2) is 61.3 Å². The summed E-state index contributed by atoms with van der Waals surface area (Å²) in [5.41, 5.74) is 3.25. The first-order valence-electron chi connectivity index (χ1n) is 11.2. The van der Waals surface area contributed by atoms with E-state index in [0.29, 0.717) is 17.2 Å². The van der Waals surface area contributed by atoms with Crippen LogP contribution in [0.3, 0.4) is 0 Å². The normalized spacial score (nSPS) is 18.2. The molecule has 170 valence electrons. The molecule has 2 amide bonds. The number of benzene rings is 2. The Hall–Kier alpha value is -3.58. The van der Waals surface area contributed by atoms with Gasteiger partial charge in [-0.2, -0.15) is 0 Å². The number of nitrogens with zero attached hydrogens (tertiary/aromatic N) is 3. The van der Waals surface area contributed by atoms with Crippen LogP contribution in [0.1, 0.15) is 36.3 Å². The van der Waals surface area contributed by atoms with Crippen molar-refractivity contribution in [1.29, 1.82) is 0 Å². The second-order valence-corrected chi connectivity index (χ2v) is 8.68. The summed E-state index contributed by atoms with van der Waals surface area (Å²) >= 11 is 0. The largest absolute Gasteiger partial charge is 0.347 e. The molecule has 0 aliphatic heterocycles. The van der Waals surface area contributed by atoms with Crippen molar-refractivity contribution in [3.63, 3.8) is 0 Å². The predicted molar refractivity (Wildman–Crippen MR) is 131 cm³/mol. The molecule has 0 atom stereocenters. The van der Waals surface area contributed by atoms with Gasteiger partial charge in [0.1, 0.15) is 0 Å². The Morgan fingerprint density at radius 2 is 1.82 bits per heavy atom. The zero-order valence-corrected chi connectivity index (χ0v) is 19.0. The van der Waals surface area contributed by atoms with E-state index in [9.17, 15) is 9.59 Å². The SMILES string of the molecule is C=CC(=O)Nc1cccc(-c2ccc3cnc(C(=O)NC4CCC(N(C)C)CC4)nc3c2)c1. The molecule has 33 heavy (non-hydrogen) atoms. The highest BCUT2D eigenvalue weighted by Crippen LogP contribution is 2.26. The number of carbonyl (C=O) groups is 2. The van der Waals surface area contributed by atoms with Crippen LogP contribution >= 0.6 is 0 Å². The highest BCUT2D eigenvalue weighted by molar-refractivity contribution is 5.99. The Balaban J connectivity index is 1.51. The summed E-state index contributed by atoms with van der Waals surface area (Å²) < 4.78 is 0. The lowest BCUT2D eigenvalue weighted by atomic mass is 9.90. The van der Waals surface area contributed by atoms with Crippen molar-refractivity contribution in [1.82, 2.24) is 20.2 Å². The fourth-order valence-corrected chi connectivity index (χ4v) is 4.27. The Bertz CT molecular complexity index is 1180. The van der Waals surface area contributed by atoms with Crippen LogP contribution in [0.4, 0.5) is 5.69 Å². The van der Waals surface area contributed by atoms with Crippen LogP contribution in [-0.4, -0.2) is 52.9 Å². The van der Waals surface area contributed by atoms with E-state index in [2.05, 4.69) is 46.2 Å². The summed E-state index contributed by atoms with van der Waals surface area (Å²) in [6.07, 6.45) is 7.00. The van der Waals surface area contributed by atoms with Gasteiger partial charge < -0.3 is 15.5 Å². The van der Waals surface area contributed by atoms with Gasteiger partial charge in [0.05, 0.1) is 5.52 Å². The van der Waals surface area contributed by atoms with E-state index in [1.807, 2.05) is 42.5 Å². The number of amides is 2. The van der Waals surface area contributed by atoms with E-state index in [4.69, 9.17) is 0 Å². The third-order valence-corrected chi connectivity index (χ3v) is 6.20. The lowest BCUT2D eigenvalue weighted by Crippen LogP contribution is -2.42. The highest BCUT2D eigenvalue weighted by Gasteiger charge is 2.24. The number of rotatable bonds is 6. The molecule has 7 nitrogen and oxygen atoms in total. The van der Waals surface area contributed by atoms with Gasteiger partial charge in [0.25, 0.3) is 5.91 Å². The minimum absolute atomic E-state index is 0.160. The molecule has 2 N–H and O–H groups in total. The fraction of sp³-hybridized carbons (Fsp3) is 0.308. The molecule has 1 fully saturated rings. The molecule has 0 saturated heterocycles. The lowest BCUT2D eigenvalue weighted by molar-refractivity contribution is -0.111. The van der Waals surface area contributed by atoms with Gasteiger partial charge >= 0.3 is 0 Å². The average Bonchev–Trinajstić information content (AvgIpc) is 2.83. The minimum Gasteiger partial charge on any atom is -0.347 e. The summed E-state index contributed by atoms with van der Waals surface area (Å²) in [7, 11) is 4.21. The molecule has 0 radical (unpaired) electrons. The predicted octanol–water partition coefficient (Wildman–Crippen LogP) is 4.02. The van der Waals surface area contributed by atoms with E-state index in [1.165, 1.54) is 6.08 Å². The molecule has 1 aliphatic rings. The Morgan fingerprint density at radius 3 is 2.55 bits per heavy atom. The number of carbonyl (C=O) groups excluding carboxylic acids is 2. The maximum Gasteiger partial charge on any atom is 0.289 e. The molecule has 1 aliphatic carbocycles. The van der Waals surface area contributed by atoms with Gasteiger partial charge in [-0.1, -0.05) is 30.8 Å². The second-order valence-electron chi connectivity index (χ2n) is 8.68. The van der Waals surface area contributed by atoms with Gasteiger partial charge in [0.2, 0.25) is 11.7 Å². The van der Waals surface area contributed by atoms with Crippen LogP contribution in [0.5, 0.6) is 0 Å². The van der Waals surface area contributed by atoms with Gasteiger partial charge in [0.15, 0.2) is 0 Å². The van der Waals surface area contributed by atoms with Crippen molar-refractivity contribution in [3.05, 3.63) is 67.1 Å². The Morgan fingerprint density at radius 1 is 1.06 bits per heavy atom. The molecule has 1 saturated carbocycles. The molecule has 7 heteroatoms. The van der Waals surface area contributed by atoms with Crippen LogP contribution in [0.2, 0.25) is 0 Å². The minimum atomic E-state index is -0.260. The fourth-order valence-electron chi connectivity index (χ4n) is 4.27. The monoisotopic (exact) mass is 443 g/mol. The van der Waals surface area contributed by atoms with Crippen molar-refractivity contribution >= 4 is 28.4 Å². The quantitative estimate of drug-likeness (QED) is 0.562. The second kappa shape index (κ2) is 9.92. The number of aromatic nitrogens is 2. The Labute approximate surface area is 193 Å². The molecular weight excluding hydrogens is 414 g/mol. The summed E-state index contributed by atoms with van der Waals surface area (Å²) in [6.45, 7) is 3.48. The lowest BCUT2D eigenvalue weighted by Gasteiger charge is -2.32. The van der Waals surface area contributed by atoms with Crippen LogP contribution < -0.4 is 10.6 Å². The van der Waals surface area contributed by atoms with Crippen molar-refractivity contribution in [3.8, 4) is 11.1 Å². The van der Waals surface area contributed by atoms with E-state index < -0.39 is 0 Å². The number of hydrogen-bond acceptors (Lipinski definition) is 5. The van der Waals surface area contributed by atoms with E-state index >= 15 is 0 Å². The summed E-state index contributed by atoms with van der Waals surface area (Å²) in [4.78, 5) is 35.5. The smallest absolute Gasteiger partial charge is 0.289 e. The first-order chi connectivity index (χ1) is 15.9. The van der Waals surface area contributed by atoms with Crippen LogP contribution in [0, 0.1) is 0 Å². The molecule has 0 unspecified atom stereocenters. The Kier molecular flexibility index (Phi) is 6.79. The zero-order chi connectivity index (χ0) is 23.4. The number of hydrogen-bond donors (Lipinski definition) is 2. The van der Waals surface area contributed by atoms with E-state index in [0.717, 1.165) is 42.2 Å². The molecule has 0 bridgehead atoms. The molecule has 1 aromatic heterocycles. The maximum absolute atomic E-state index is 12.8. The first kappa shape index (κ1) is 22.6. The highest BCUT2D eigenvalue weighted by atomic mass is 16.2. The van der Waals surface area contributed by atoms with Crippen molar-refractivity contribution < 1.29 is 9.59 Å². The zero-order valence-electron chi connectivity index (χ0n) is 19.0. The summed E-state index contributed by atoms with van der Waals surface area (Å²) in [5, 5.41) is 6.74. The molecular formula is C26H29N5O2. The summed E-state index contributed by atoms with van der Waals surface area (Å²) in [6, 6.07) is 14.1. The standard InChI is InChI=1S/C26H29N5O2/c1-4-24(32)28-21-7-5-6-17(14-21)18-8-9-19-16-27-25(30-23(19)15-18)26(33)29-20-10-12-22(13-11-20)31(2)3/h4-9,14-16,20,22H,1,10-13H2,2-3H3,(H,28,32)(H,29,33). The summed E-state index contributed by atoms with van der Waals surface area (Å²) in [5.74, 6) is -0.310. The average molecular weight is 444 g/mol. The van der Waals surface area contributed by atoms with Crippen molar-refractivity contribution in [2.45, 2.75) is 37.8 Å². The first-order valence-corrected chi connectivity index (χ1v) is 11.2.